The number of aliphatic carboxylic acids is 1. The molecule has 0 aliphatic rings. The number of aliphatic imine (C=N–C) groups is 1. The Morgan fingerprint density at radius 2 is 1.61 bits per heavy atom. The SMILES string of the molecule is CC(NC(=O)C(CCCN=C(N)N)NC(=O)C(NC(=O)CN)C(C)C)C(=O)O. The Labute approximate surface area is 163 Å². The van der Waals surface area contributed by atoms with E-state index in [1.165, 1.54) is 6.92 Å². The number of hydrogen-bond donors (Lipinski definition) is 7. The van der Waals surface area contributed by atoms with Gasteiger partial charge in [-0.1, -0.05) is 13.8 Å². The maximum atomic E-state index is 12.6. The predicted octanol–water partition coefficient (Wildman–Crippen LogP) is -2.79. The molecule has 10 N–H and O–H groups in total. The molecule has 0 aliphatic carbocycles. The van der Waals surface area contributed by atoms with E-state index in [9.17, 15) is 19.2 Å². The first-order valence-corrected chi connectivity index (χ1v) is 8.87. The Balaban J connectivity index is 5.21. The molecule has 3 amide bonds. The van der Waals surface area contributed by atoms with Crippen LogP contribution in [0.1, 0.15) is 33.6 Å². The molecule has 0 radical (unpaired) electrons. The van der Waals surface area contributed by atoms with Crippen LogP contribution in [0.3, 0.4) is 0 Å². The zero-order valence-electron chi connectivity index (χ0n) is 16.4. The summed E-state index contributed by atoms with van der Waals surface area (Å²) in [6.45, 7) is 4.70. The fourth-order valence-corrected chi connectivity index (χ4v) is 2.18. The van der Waals surface area contributed by atoms with Crippen LogP contribution >= 0.6 is 0 Å². The molecule has 0 heterocycles. The predicted molar refractivity (Wildman–Crippen MR) is 103 cm³/mol. The zero-order chi connectivity index (χ0) is 21.9. The van der Waals surface area contributed by atoms with Crippen molar-refractivity contribution >= 4 is 29.7 Å². The number of carboxylic acids is 1. The lowest BCUT2D eigenvalue weighted by Gasteiger charge is -2.25. The number of guanidine groups is 1. The molecule has 12 heteroatoms. The minimum Gasteiger partial charge on any atom is -0.480 e. The molecule has 0 spiro atoms. The first-order chi connectivity index (χ1) is 13.0. The topological polar surface area (TPSA) is 215 Å². The molecule has 3 unspecified atom stereocenters. The number of nitrogens with one attached hydrogen (secondary N) is 3. The van der Waals surface area contributed by atoms with Gasteiger partial charge in [0.1, 0.15) is 18.1 Å². The van der Waals surface area contributed by atoms with Crippen LogP contribution < -0.4 is 33.2 Å². The van der Waals surface area contributed by atoms with Crippen LogP contribution in [0.5, 0.6) is 0 Å². The summed E-state index contributed by atoms with van der Waals surface area (Å²) in [7, 11) is 0. The Bertz CT molecular complexity index is 590. The van der Waals surface area contributed by atoms with E-state index in [0.29, 0.717) is 6.42 Å². The lowest BCUT2D eigenvalue weighted by Crippen LogP contribution is -2.57. The fourth-order valence-electron chi connectivity index (χ4n) is 2.18. The highest BCUT2D eigenvalue weighted by Crippen LogP contribution is 2.05. The summed E-state index contributed by atoms with van der Waals surface area (Å²) >= 11 is 0. The van der Waals surface area contributed by atoms with Crippen LogP contribution in [0.4, 0.5) is 0 Å². The lowest BCUT2D eigenvalue weighted by atomic mass is 10.0. The van der Waals surface area contributed by atoms with E-state index < -0.39 is 41.8 Å². The van der Waals surface area contributed by atoms with Gasteiger partial charge in [-0.2, -0.15) is 0 Å². The second-order valence-corrected chi connectivity index (χ2v) is 6.57. The van der Waals surface area contributed by atoms with Gasteiger partial charge in [-0.15, -0.1) is 0 Å². The molecule has 0 aromatic rings. The third kappa shape index (κ3) is 9.71. The number of hydrogen-bond acceptors (Lipinski definition) is 6. The Kier molecular flexibility index (Phi) is 11.2. The van der Waals surface area contributed by atoms with Crippen LogP contribution in [-0.4, -0.2) is 66.0 Å². The highest BCUT2D eigenvalue weighted by Gasteiger charge is 2.29. The van der Waals surface area contributed by atoms with Crippen LogP contribution in [0.25, 0.3) is 0 Å². The van der Waals surface area contributed by atoms with Crippen molar-refractivity contribution in [2.45, 2.75) is 51.7 Å². The molecule has 28 heavy (non-hydrogen) atoms. The van der Waals surface area contributed by atoms with Crippen molar-refractivity contribution < 1.29 is 24.3 Å². The average molecular weight is 401 g/mol. The second-order valence-electron chi connectivity index (χ2n) is 6.57. The van der Waals surface area contributed by atoms with Gasteiger partial charge in [-0.3, -0.25) is 24.2 Å². The Hall–Kier alpha value is -2.89. The van der Waals surface area contributed by atoms with Crippen LogP contribution in [0.2, 0.25) is 0 Å². The summed E-state index contributed by atoms with van der Waals surface area (Å²) in [5.41, 5.74) is 15.8. The molecule has 0 rings (SSSR count). The molecule has 160 valence electrons. The van der Waals surface area contributed by atoms with Gasteiger partial charge in [0.05, 0.1) is 6.54 Å². The van der Waals surface area contributed by atoms with E-state index in [1.807, 2.05) is 0 Å². The molecule has 0 aromatic heterocycles. The highest BCUT2D eigenvalue weighted by molar-refractivity contribution is 5.93. The average Bonchev–Trinajstić information content (AvgIpc) is 2.60. The van der Waals surface area contributed by atoms with E-state index in [-0.39, 0.29) is 31.4 Å². The molecule has 0 aliphatic heterocycles. The second kappa shape index (κ2) is 12.5. The summed E-state index contributed by atoms with van der Waals surface area (Å²) < 4.78 is 0. The quantitative estimate of drug-likeness (QED) is 0.103. The van der Waals surface area contributed by atoms with E-state index in [1.54, 1.807) is 13.8 Å². The Morgan fingerprint density at radius 1 is 1.00 bits per heavy atom. The van der Waals surface area contributed by atoms with Crippen molar-refractivity contribution in [1.82, 2.24) is 16.0 Å². The molecule has 3 atom stereocenters. The van der Waals surface area contributed by atoms with Gasteiger partial charge in [0.25, 0.3) is 0 Å². The first kappa shape index (κ1) is 25.1. The maximum absolute atomic E-state index is 12.6. The molecule has 0 bridgehead atoms. The Morgan fingerprint density at radius 3 is 2.07 bits per heavy atom. The van der Waals surface area contributed by atoms with Crippen molar-refractivity contribution in [3.8, 4) is 0 Å². The van der Waals surface area contributed by atoms with Gasteiger partial charge in [0.15, 0.2) is 5.96 Å². The lowest BCUT2D eigenvalue weighted by molar-refractivity contribution is -0.141. The third-order valence-electron chi connectivity index (χ3n) is 3.76. The molecule has 0 fully saturated rings. The fraction of sp³-hybridized carbons (Fsp3) is 0.688. The highest BCUT2D eigenvalue weighted by atomic mass is 16.4. The van der Waals surface area contributed by atoms with Crippen molar-refractivity contribution in [2.75, 3.05) is 13.1 Å². The number of carboxylic acid groups (broad SMARTS) is 1. The van der Waals surface area contributed by atoms with Crippen molar-refractivity contribution in [1.29, 1.82) is 0 Å². The number of carbonyl (C=O) groups is 4. The van der Waals surface area contributed by atoms with Gasteiger partial charge in [-0.25, -0.2) is 0 Å². The number of amides is 3. The van der Waals surface area contributed by atoms with Crippen LogP contribution in [0, 0.1) is 5.92 Å². The largest absolute Gasteiger partial charge is 0.480 e. The monoisotopic (exact) mass is 401 g/mol. The van der Waals surface area contributed by atoms with Gasteiger partial charge in [0.2, 0.25) is 17.7 Å². The van der Waals surface area contributed by atoms with Gasteiger partial charge < -0.3 is 38.3 Å². The minimum atomic E-state index is -1.21. The summed E-state index contributed by atoms with van der Waals surface area (Å²) in [5.74, 6) is -3.34. The number of nitrogens with two attached hydrogens (primary N) is 3. The van der Waals surface area contributed by atoms with Gasteiger partial charge >= 0.3 is 5.97 Å². The summed E-state index contributed by atoms with van der Waals surface area (Å²) in [5, 5.41) is 16.3. The van der Waals surface area contributed by atoms with E-state index in [0.717, 1.165) is 0 Å². The summed E-state index contributed by atoms with van der Waals surface area (Å²) in [6, 6.07) is -3.07. The molecule has 12 nitrogen and oxygen atoms in total. The number of nitrogens with zero attached hydrogens (tertiary/aromatic N) is 1. The van der Waals surface area contributed by atoms with Crippen molar-refractivity contribution in [2.24, 2.45) is 28.1 Å². The van der Waals surface area contributed by atoms with Crippen LogP contribution in [0.15, 0.2) is 4.99 Å². The molecule has 0 saturated carbocycles. The molecule has 0 aromatic carbocycles. The van der Waals surface area contributed by atoms with E-state index >= 15 is 0 Å². The zero-order valence-corrected chi connectivity index (χ0v) is 16.4. The number of rotatable bonds is 12. The van der Waals surface area contributed by atoms with Crippen molar-refractivity contribution in [3.63, 3.8) is 0 Å². The molecular weight excluding hydrogens is 370 g/mol. The van der Waals surface area contributed by atoms with Crippen molar-refractivity contribution in [3.05, 3.63) is 0 Å². The van der Waals surface area contributed by atoms with E-state index in [2.05, 4.69) is 20.9 Å². The molecule has 0 saturated heterocycles. The standard InChI is InChI=1S/C16H31N7O5/c1-8(2)12(23-11(24)7-17)14(26)22-10(5-4-6-20-16(18)19)13(25)21-9(3)15(27)28/h8-10,12H,4-7,17H2,1-3H3,(H,21,25)(H,22,26)(H,23,24)(H,27,28)(H4,18,19,20). The van der Waals surface area contributed by atoms with Gasteiger partial charge in [-0.05, 0) is 25.7 Å². The van der Waals surface area contributed by atoms with Gasteiger partial charge in [0, 0.05) is 6.54 Å². The van der Waals surface area contributed by atoms with Crippen LogP contribution in [-0.2, 0) is 19.2 Å². The van der Waals surface area contributed by atoms with E-state index in [4.69, 9.17) is 22.3 Å². The number of carbonyl (C=O) groups excluding carboxylic acids is 3. The first-order valence-electron chi connectivity index (χ1n) is 8.87. The summed E-state index contributed by atoms with van der Waals surface area (Å²) in [6.07, 6.45) is 0.523. The third-order valence-corrected chi connectivity index (χ3v) is 3.76. The summed E-state index contributed by atoms with van der Waals surface area (Å²) in [4.78, 5) is 51.3. The minimum absolute atomic E-state index is 0.103. The normalized spacial score (nSPS) is 13.8. The molecular formula is C16H31N7O5. The smallest absolute Gasteiger partial charge is 0.325 e. The maximum Gasteiger partial charge on any atom is 0.325 e.